The van der Waals surface area contributed by atoms with Crippen LogP contribution in [-0.4, -0.2) is 38.6 Å². The summed E-state index contributed by atoms with van der Waals surface area (Å²) in [6, 6.07) is 0. The van der Waals surface area contributed by atoms with E-state index in [0.717, 1.165) is 0 Å². The van der Waals surface area contributed by atoms with E-state index in [-0.39, 0.29) is 5.71 Å². The van der Waals surface area contributed by atoms with E-state index in [2.05, 4.69) is 20.6 Å². The Morgan fingerprint density at radius 1 is 1.62 bits per heavy atom. The molecular weight excluding hydrogens is 210 g/mol. The molecule has 0 unspecified atom stereocenters. The van der Waals surface area contributed by atoms with Gasteiger partial charge >= 0.3 is 0 Å². The van der Waals surface area contributed by atoms with Gasteiger partial charge in [-0.1, -0.05) is 5.16 Å². The second-order valence-electron chi connectivity index (χ2n) is 3.82. The first-order valence-corrected chi connectivity index (χ1v) is 4.76. The van der Waals surface area contributed by atoms with Gasteiger partial charge in [-0.3, -0.25) is 4.79 Å². The lowest BCUT2D eigenvalue weighted by Gasteiger charge is -2.24. The zero-order valence-corrected chi connectivity index (χ0v) is 9.72. The lowest BCUT2D eigenvalue weighted by molar-refractivity contribution is -0.114. The van der Waals surface area contributed by atoms with Crippen LogP contribution < -0.4 is 5.32 Å². The van der Waals surface area contributed by atoms with Crippen molar-refractivity contribution in [1.82, 2.24) is 20.1 Å². The Balaban J connectivity index is 3.14. The van der Waals surface area contributed by atoms with Gasteiger partial charge in [0.2, 0.25) is 0 Å². The molecule has 0 radical (unpaired) electrons. The minimum Gasteiger partial charge on any atom is -0.410 e. The predicted octanol–water partition coefficient (Wildman–Crippen LogP) is -0.102. The van der Waals surface area contributed by atoms with Crippen LogP contribution in [0.3, 0.4) is 0 Å². The van der Waals surface area contributed by atoms with Gasteiger partial charge < -0.3 is 10.5 Å². The fourth-order valence-electron chi connectivity index (χ4n) is 1.29. The van der Waals surface area contributed by atoms with E-state index in [4.69, 9.17) is 5.21 Å². The topological polar surface area (TPSA) is 92.4 Å². The van der Waals surface area contributed by atoms with Crippen molar-refractivity contribution in [2.24, 2.45) is 5.16 Å². The maximum atomic E-state index is 11.5. The first-order valence-electron chi connectivity index (χ1n) is 4.76. The van der Waals surface area contributed by atoms with Gasteiger partial charge in [0.1, 0.15) is 17.7 Å². The van der Waals surface area contributed by atoms with Gasteiger partial charge in [-0.25, -0.2) is 9.67 Å². The Labute approximate surface area is 93.2 Å². The molecule has 1 aromatic heterocycles. The van der Waals surface area contributed by atoms with Crippen molar-refractivity contribution in [3.63, 3.8) is 0 Å². The molecule has 1 heterocycles. The van der Waals surface area contributed by atoms with Crippen LogP contribution in [0.4, 0.5) is 0 Å². The Morgan fingerprint density at radius 3 is 2.62 bits per heavy atom. The van der Waals surface area contributed by atoms with Gasteiger partial charge in [-0.05, 0) is 20.8 Å². The molecule has 0 aromatic carbocycles. The summed E-state index contributed by atoms with van der Waals surface area (Å²) in [5.74, 6) is 0.128. The number of aromatic nitrogens is 3. The highest BCUT2D eigenvalue weighted by molar-refractivity contribution is 6.41. The van der Waals surface area contributed by atoms with Gasteiger partial charge in [0, 0.05) is 7.05 Å². The standard InChI is InChI=1S/C9H15N5O2/c1-6-11-5-14(12-6)9(2,3)7(13-16)8(15)10-4/h5,16H,1-4H3,(H,10,15)/b13-7-. The van der Waals surface area contributed by atoms with Crippen LogP contribution in [-0.2, 0) is 10.3 Å². The average molecular weight is 225 g/mol. The number of aryl methyl sites for hydroxylation is 1. The molecule has 7 heteroatoms. The first-order chi connectivity index (χ1) is 7.43. The average Bonchev–Trinajstić information content (AvgIpc) is 2.65. The van der Waals surface area contributed by atoms with Gasteiger partial charge in [0.05, 0.1) is 0 Å². The Bertz CT molecular complexity index is 421. The summed E-state index contributed by atoms with van der Waals surface area (Å²) in [6.45, 7) is 5.17. The molecule has 0 bridgehead atoms. The fraction of sp³-hybridized carbons (Fsp3) is 0.556. The van der Waals surface area contributed by atoms with Gasteiger partial charge in [0.15, 0.2) is 5.71 Å². The molecule has 1 rings (SSSR count). The van der Waals surface area contributed by atoms with Crippen molar-refractivity contribution < 1.29 is 10.0 Å². The second-order valence-corrected chi connectivity index (χ2v) is 3.82. The third kappa shape index (κ3) is 2.02. The summed E-state index contributed by atoms with van der Waals surface area (Å²) in [6.07, 6.45) is 1.49. The zero-order valence-electron chi connectivity index (χ0n) is 9.72. The highest BCUT2D eigenvalue weighted by atomic mass is 16.4. The Hall–Kier alpha value is -1.92. The molecule has 0 saturated heterocycles. The monoisotopic (exact) mass is 225 g/mol. The number of oxime groups is 1. The number of hydrogen-bond acceptors (Lipinski definition) is 5. The molecule has 2 N–H and O–H groups in total. The van der Waals surface area contributed by atoms with Crippen molar-refractivity contribution in [2.45, 2.75) is 26.3 Å². The van der Waals surface area contributed by atoms with Crippen molar-refractivity contribution in [3.05, 3.63) is 12.2 Å². The van der Waals surface area contributed by atoms with Gasteiger partial charge in [-0.2, -0.15) is 5.10 Å². The van der Waals surface area contributed by atoms with Crippen molar-refractivity contribution >= 4 is 11.6 Å². The summed E-state index contributed by atoms with van der Waals surface area (Å²) in [4.78, 5) is 15.5. The molecule has 7 nitrogen and oxygen atoms in total. The van der Waals surface area contributed by atoms with Crippen molar-refractivity contribution in [1.29, 1.82) is 0 Å². The van der Waals surface area contributed by atoms with E-state index in [9.17, 15) is 4.79 Å². The third-order valence-electron chi connectivity index (χ3n) is 2.30. The molecule has 0 saturated carbocycles. The number of hydrogen-bond donors (Lipinski definition) is 2. The highest BCUT2D eigenvalue weighted by Gasteiger charge is 2.33. The molecule has 88 valence electrons. The molecule has 1 aromatic rings. The number of amides is 1. The second kappa shape index (κ2) is 4.30. The summed E-state index contributed by atoms with van der Waals surface area (Å²) in [5.41, 5.74) is -0.893. The van der Waals surface area contributed by atoms with E-state index in [1.807, 2.05) is 0 Å². The quantitative estimate of drug-likeness (QED) is 0.427. The van der Waals surface area contributed by atoms with E-state index in [1.165, 1.54) is 18.1 Å². The van der Waals surface area contributed by atoms with Crippen LogP contribution in [0.5, 0.6) is 0 Å². The van der Waals surface area contributed by atoms with Crippen LogP contribution in [0.25, 0.3) is 0 Å². The number of carbonyl (C=O) groups excluding carboxylic acids is 1. The van der Waals surface area contributed by atoms with Gasteiger partial charge in [-0.15, -0.1) is 0 Å². The smallest absolute Gasteiger partial charge is 0.271 e. The van der Waals surface area contributed by atoms with Crippen LogP contribution in [0.15, 0.2) is 11.5 Å². The van der Waals surface area contributed by atoms with E-state index < -0.39 is 11.4 Å². The lowest BCUT2D eigenvalue weighted by atomic mass is 9.98. The zero-order chi connectivity index (χ0) is 12.3. The Kier molecular flexibility index (Phi) is 3.26. The lowest BCUT2D eigenvalue weighted by Crippen LogP contribution is -2.45. The minimum absolute atomic E-state index is 0.0279. The normalized spacial score (nSPS) is 12.6. The van der Waals surface area contributed by atoms with Crippen molar-refractivity contribution in [2.75, 3.05) is 7.05 Å². The van der Waals surface area contributed by atoms with E-state index in [0.29, 0.717) is 5.82 Å². The number of nitrogens with zero attached hydrogens (tertiary/aromatic N) is 4. The van der Waals surface area contributed by atoms with Crippen LogP contribution in [0, 0.1) is 6.92 Å². The molecule has 0 aliphatic carbocycles. The number of nitrogens with one attached hydrogen (secondary N) is 1. The van der Waals surface area contributed by atoms with E-state index in [1.54, 1.807) is 20.8 Å². The first kappa shape index (κ1) is 12.2. The summed E-state index contributed by atoms with van der Waals surface area (Å²) in [5, 5.41) is 18.4. The van der Waals surface area contributed by atoms with Crippen LogP contribution in [0.1, 0.15) is 19.7 Å². The fourth-order valence-corrected chi connectivity index (χ4v) is 1.29. The van der Waals surface area contributed by atoms with Crippen LogP contribution >= 0.6 is 0 Å². The maximum Gasteiger partial charge on any atom is 0.271 e. The van der Waals surface area contributed by atoms with Crippen LogP contribution in [0.2, 0.25) is 0 Å². The number of rotatable bonds is 3. The Morgan fingerprint density at radius 2 is 2.25 bits per heavy atom. The molecule has 16 heavy (non-hydrogen) atoms. The molecule has 0 fully saturated rings. The van der Waals surface area contributed by atoms with E-state index >= 15 is 0 Å². The summed E-state index contributed by atoms with van der Waals surface area (Å²) >= 11 is 0. The SMILES string of the molecule is CNC(=O)/C(=N/O)C(C)(C)n1cnc(C)n1. The molecular formula is C9H15N5O2. The van der Waals surface area contributed by atoms with Gasteiger partial charge in [0.25, 0.3) is 5.91 Å². The molecule has 0 spiro atoms. The predicted molar refractivity (Wildman–Crippen MR) is 57.4 cm³/mol. The molecule has 0 atom stereocenters. The highest BCUT2D eigenvalue weighted by Crippen LogP contribution is 2.16. The minimum atomic E-state index is -0.865. The summed E-state index contributed by atoms with van der Waals surface area (Å²) < 4.78 is 1.48. The summed E-state index contributed by atoms with van der Waals surface area (Å²) in [7, 11) is 1.47. The maximum absolute atomic E-state index is 11.5. The van der Waals surface area contributed by atoms with Crippen molar-refractivity contribution in [3.8, 4) is 0 Å². The number of carbonyl (C=O) groups is 1. The molecule has 1 amide bonds. The third-order valence-corrected chi connectivity index (χ3v) is 2.30. The molecule has 0 aliphatic heterocycles. The molecule has 0 aliphatic rings. The largest absolute Gasteiger partial charge is 0.410 e.